The SMILES string of the molecule is C/C=C/c1ccc2c(c1)O[C@@H](CN(C)C(=O)CN(C)C)[C@@H](C)CN([C@@H](C)CO)S2(=O)=O. The van der Waals surface area contributed by atoms with Crippen molar-refractivity contribution in [2.75, 3.05) is 47.4 Å². The minimum Gasteiger partial charge on any atom is -0.487 e. The van der Waals surface area contributed by atoms with E-state index in [2.05, 4.69) is 0 Å². The van der Waals surface area contributed by atoms with E-state index in [9.17, 15) is 18.3 Å². The van der Waals surface area contributed by atoms with Gasteiger partial charge in [-0.1, -0.05) is 25.1 Å². The molecule has 0 aromatic heterocycles. The summed E-state index contributed by atoms with van der Waals surface area (Å²) in [5, 5.41) is 9.69. The number of allylic oxidation sites excluding steroid dienone is 1. The van der Waals surface area contributed by atoms with E-state index in [1.54, 1.807) is 42.0 Å². The van der Waals surface area contributed by atoms with Crippen LogP contribution in [0.1, 0.15) is 26.3 Å². The van der Waals surface area contributed by atoms with Crippen molar-refractivity contribution in [2.45, 2.75) is 37.8 Å². The van der Waals surface area contributed by atoms with Crippen LogP contribution in [0.25, 0.3) is 6.08 Å². The molecular weight excluding hydrogens is 418 g/mol. The maximum atomic E-state index is 13.4. The third-order valence-electron chi connectivity index (χ3n) is 5.38. The molecular formula is C22H35N3O5S. The van der Waals surface area contributed by atoms with E-state index in [0.29, 0.717) is 6.54 Å². The molecule has 0 unspecified atom stereocenters. The molecule has 9 heteroatoms. The highest BCUT2D eigenvalue weighted by atomic mass is 32.2. The van der Waals surface area contributed by atoms with Crippen molar-refractivity contribution in [1.82, 2.24) is 14.1 Å². The lowest BCUT2D eigenvalue weighted by atomic mass is 10.0. The Kier molecular flexibility index (Phi) is 8.65. The number of benzene rings is 1. The van der Waals surface area contributed by atoms with Crippen LogP contribution in [0.2, 0.25) is 0 Å². The number of fused-ring (bicyclic) bond motifs is 1. The average Bonchev–Trinajstić information content (AvgIpc) is 2.69. The number of hydrogen-bond acceptors (Lipinski definition) is 6. The van der Waals surface area contributed by atoms with E-state index < -0.39 is 22.2 Å². The molecule has 1 aromatic rings. The van der Waals surface area contributed by atoms with Gasteiger partial charge in [0.05, 0.1) is 19.7 Å². The van der Waals surface area contributed by atoms with Crippen molar-refractivity contribution in [3.8, 4) is 5.75 Å². The molecule has 174 valence electrons. The van der Waals surface area contributed by atoms with Crippen molar-refractivity contribution in [1.29, 1.82) is 0 Å². The highest BCUT2D eigenvalue weighted by Crippen LogP contribution is 2.34. The normalized spacial score (nSPS) is 22.5. The van der Waals surface area contributed by atoms with Crippen LogP contribution >= 0.6 is 0 Å². The number of ether oxygens (including phenoxy) is 1. The molecule has 0 aliphatic carbocycles. The topological polar surface area (TPSA) is 90.4 Å². The van der Waals surface area contributed by atoms with Crippen LogP contribution in [0, 0.1) is 5.92 Å². The van der Waals surface area contributed by atoms with Gasteiger partial charge < -0.3 is 19.6 Å². The minimum absolute atomic E-state index is 0.0426. The van der Waals surface area contributed by atoms with Gasteiger partial charge in [0.15, 0.2) is 0 Å². The van der Waals surface area contributed by atoms with E-state index in [1.165, 1.54) is 4.31 Å². The number of aliphatic hydroxyl groups is 1. The molecule has 1 N–H and O–H groups in total. The molecule has 1 heterocycles. The quantitative estimate of drug-likeness (QED) is 0.673. The monoisotopic (exact) mass is 453 g/mol. The van der Waals surface area contributed by atoms with Crippen LogP contribution in [0.5, 0.6) is 5.75 Å². The van der Waals surface area contributed by atoms with E-state index >= 15 is 0 Å². The second-order valence-electron chi connectivity index (χ2n) is 8.46. The third kappa shape index (κ3) is 6.06. The second-order valence-corrected chi connectivity index (χ2v) is 10.3. The number of carbonyl (C=O) groups is 1. The smallest absolute Gasteiger partial charge is 0.247 e. The molecule has 1 aliphatic rings. The van der Waals surface area contributed by atoms with Gasteiger partial charge in [0.2, 0.25) is 15.9 Å². The van der Waals surface area contributed by atoms with E-state index in [4.69, 9.17) is 4.74 Å². The molecule has 1 aliphatic heterocycles. The van der Waals surface area contributed by atoms with Crippen LogP contribution in [0.3, 0.4) is 0 Å². The lowest BCUT2D eigenvalue weighted by Gasteiger charge is -2.37. The molecule has 0 spiro atoms. The van der Waals surface area contributed by atoms with Crippen LogP contribution in [0.4, 0.5) is 0 Å². The molecule has 2 rings (SSSR count). The first-order valence-electron chi connectivity index (χ1n) is 10.5. The molecule has 3 atom stereocenters. The van der Waals surface area contributed by atoms with Gasteiger partial charge in [-0.3, -0.25) is 4.79 Å². The average molecular weight is 454 g/mol. The number of likely N-dealkylation sites (N-methyl/N-ethyl adjacent to an activating group) is 2. The summed E-state index contributed by atoms with van der Waals surface area (Å²) < 4.78 is 34.4. The first-order valence-corrected chi connectivity index (χ1v) is 11.9. The molecule has 0 bridgehead atoms. The lowest BCUT2D eigenvalue weighted by molar-refractivity contribution is -0.132. The fourth-order valence-electron chi connectivity index (χ4n) is 3.52. The van der Waals surface area contributed by atoms with Crippen LogP contribution in [-0.2, 0) is 14.8 Å². The molecule has 0 fully saturated rings. The number of amides is 1. The Morgan fingerprint density at radius 1 is 1.35 bits per heavy atom. The Morgan fingerprint density at radius 2 is 2.03 bits per heavy atom. The molecule has 8 nitrogen and oxygen atoms in total. The fraction of sp³-hybridized carbons (Fsp3) is 0.591. The summed E-state index contributed by atoms with van der Waals surface area (Å²) in [5.41, 5.74) is 0.822. The highest BCUT2D eigenvalue weighted by molar-refractivity contribution is 7.89. The number of sulfonamides is 1. The standard InChI is InChI=1S/C22H35N3O5S/c1-7-8-18-9-10-21-19(11-18)30-20(13-24(6)22(27)14-23(4)5)16(2)12-25(17(3)15-26)31(21,28)29/h7-11,16-17,20,26H,12-15H2,1-6H3/b8-7+/t16-,17-,20-/m0/s1. The van der Waals surface area contributed by atoms with Crippen LogP contribution < -0.4 is 4.74 Å². The minimum atomic E-state index is -3.87. The van der Waals surface area contributed by atoms with Gasteiger partial charge in [0, 0.05) is 25.6 Å². The number of nitrogens with zero attached hydrogens (tertiary/aromatic N) is 3. The molecule has 0 saturated heterocycles. The third-order valence-corrected chi connectivity index (χ3v) is 7.40. The summed E-state index contributed by atoms with van der Waals surface area (Å²) in [5.74, 6) is 0.00612. The van der Waals surface area contributed by atoms with Gasteiger partial charge in [-0.15, -0.1) is 0 Å². The lowest BCUT2D eigenvalue weighted by Crippen LogP contribution is -2.50. The Bertz CT molecular complexity index is 900. The second kappa shape index (κ2) is 10.6. The molecule has 1 aromatic carbocycles. The first-order chi connectivity index (χ1) is 14.5. The molecule has 0 saturated carbocycles. The Hall–Kier alpha value is -1.94. The summed E-state index contributed by atoms with van der Waals surface area (Å²) in [4.78, 5) is 16.0. The zero-order valence-electron chi connectivity index (χ0n) is 19.3. The van der Waals surface area contributed by atoms with Gasteiger partial charge in [0.25, 0.3) is 0 Å². The Labute approximate surface area is 186 Å². The van der Waals surface area contributed by atoms with E-state index in [1.807, 2.05) is 40.1 Å². The number of aliphatic hydroxyl groups excluding tert-OH is 1. The van der Waals surface area contributed by atoms with Gasteiger partial charge >= 0.3 is 0 Å². The van der Waals surface area contributed by atoms with Crippen molar-refractivity contribution in [3.05, 3.63) is 29.8 Å². The summed E-state index contributed by atoms with van der Waals surface area (Å²) >= 11 is 0. The predicted molar refractivity (Wildman–Crippen MR) is 121 cm³/mol. The summed E-state index contributed by atoms with van der Waals surface area (Å²) in [6.07, 6.45) is 3.32. The van der Waals surface area contributed by atoms with Gasteiger partial charge in [-0.25, -0.2) is 8.42 Å². The molecule has 1 amide bonds. The Morgan fingerprint density at radius 3 is 2.61 bits per heavy atom. The van der Waals surface area contributed by atoms with Gasteiger partial charge in [-0.05, 0) is 45.6 Å². The zero-order chi connectivity index (χ0) is 23.3. The largest absolute Gasteiger partial charge is 0.487 e. The first kappa shape index (κ1) is 25.3. The van der Waals surface area contributed by atoms with Gasteiger partial charge in [0.1, 0.15) is 16.7 Å². The van der Waals surface area contributed by atoms with Crippen molar-refractivity contribution >= 4 is 22.0 Å². The van der Waals surface area contributed by atoms with E-state index in [0.717, 1.165) is 5.56 Å². The van der Waals surface area contributed by atoms with Crippen molar-refractivity contribution < 1.29 is 23.1 Å². The zero-order valence-corrected chi connectivity index (χ0v) is 20.1. The maximum absolute atomic E-state index is 13.4. The molecule has 0 radical (unpaired) electrons. The highest BCUT2D eigenvalue weighted by Gasteiger charge is 2.38. The van der Waals surface area contributed by atoms with Crippen LogP contribution in [0.15, 0.2) is 29.2 Å². The summed E-state index contributed by atoms with van der Waals surface area (Å²) in [6, 6.07) is 4.41. The summed E-state index contributed by atoms with van der Waals surface area (Å²) in [6.45, 7) is 5.97. The predicted octanol–water partition coefficient (Wildman–Crippen LogP) is 1.51. The Balaban J connectivity index is 2.50. The van der Waals surface area contributed by atoms with Gasteiger partial charge in [-0.2, -0.15) is 4.31 Å². The van der Waals surface area contributed by atoms with Crippen molar-refractivity contribution in [2.24, 2.45) is 5.92 Å². The van der Waals surface area contributed by atoms with E-state index in [-0.39, 0.29) is 42.2 Å². The fourth-order valence-corrected chi connectivity index (χ4v) is 5.34. The number of carbonyl (C=O) groups excluding carboxylic acids is 1. The number of rotatable bonds is 7. The van der Waals surface area contributed by atoms with Crippen LogP contribution in [-0.4, -0.2) is 93.1 Å². The number of hydrogen-bond donors (Lipinski definition) is 1. The van der Waals surface area contributed by atoms with Crippen molar-refractivity contribution in [3.63, 3.8) is 0 Å². The maximum Gasteiger partial charge on any atom is 0.247 e. The molecule has 31 heavy (non-hydrogen) atoms. The summed E-state index contributed by atoms with van der Waals surface area (Å²) in [7, 11) is 1.52.